The molecule has 94 valence electrons. The van der Waals surface area contributed by atoms with E-state index >= 15 is 0 Å². The number of rotatable bonds is 4. The van der Waals surface area contributed by atoms with Gasteiger partial charge >= 0.3 is 5.97 Å². The molecule has 0 unspecified atom stereocenters. The molecule has 1 aromatic heterocycles. The molecule has 6 heteroatoms. The number of benzene rings is 1. The third kappa shape index (κ3) is 2.48. The van der Waals surface area contributed by atoms with Crippen molar-refractivity contribution >= 4 is 5.97 Å². The molecule has 0 spiro atoms. The molecule has 5 nitrogen and oxygen atoms in total. The maximum Gasteiger partial charge on any atom is 0.303 e. The largest absolute Gasteiger partial charge is 0.481 e. The number of carbonyl (C=O) groups is 1. The number of aromatic nitrogens is 1. The summed E-state index contributed by atoms with van der Waals surface area (Å²) in [5, 5.41) is 10.8. The molecule has 0 atom stereocenters. The molecule has 2 rings (SSSR count). The van der Waals surface area contributed by atoms with E-state index in [0.717, 1.165) is 0 Å². The Morgan fingerprint density at radius 1 is 1.33 bits per heavy atom. The second-order valence-electron chi connectivity index (χ2n) is 3.74. The maximum absolute atomic E-state index is 12.8. The van der Waals surface area contributed by atoms with Crippen LogP contribution >= 0.6 is 0 Å². The average molecular weight is 251 g/mol. The SMILES string of the molecule is O=C(O)CCc1c(-c2ccc(F)cc2)o[nH]c1=O. The lowest BCUT2D eigenvalue weighted by atomic mass is 10.1. The minimum Gasteiger partial charge on any atom is -0.481 e. The zero-order chi connectivity index (χ0) is 13.1. The Morgan fingerprint density at radius 2 is 2.00 bits per heavy atom. The van der Waals surface area contributed by atoms with Crippen molar-refractivity contribution in [1.29, 1.82) is 0 Å². The fraction of sp³-hybridized carbons (Fsp3) is 0.167. The standard InChI is InChI=1S/C12H10FNO4/c13-8-3-1-7(2-4-8)11-9(5-6-10(15)16)12(17)14-18-11/h1-4H,5-6H2,(H,14,17)(H,15,16). The summed E-state index contributed by atoms with van der Waals surface area (Å²) in [6.45, 7) is 0. The van der Waals surface area contributed by atoms with E-state index in [1.54, 1.807) is 0 Å². The van der Waals surface area contributed by atoms with E-state index in [4.69, 9.17) is 9.63 Å². The molecule has 0 aliphatic heterocycles. The average Bonchev–Trinajstić information content (AvgIpc) is 2.69. The fourth-order valence-corrected chi connectivity index (χ4v) is 1.62. The first-order chi connectivity index (χ1) is 8.58. The normalized spacial score (nSPS) is 10.5. The topological polar surface area (TPSA) is 83.3 Å². The summed E-state index contributed by atoms with van der Waals surface area (Å²) in [5.74, 6) is -1.15. The van der Waals surface area contributed by atoms with Gasteiger partial charge in [0.05, 0.1) is 5.56 Å². The predicted molar refractivity (Wildman–Crippen MR) is 60.7 cm³/mol. The quantitative estimate of drug-likeness (QED) is 0.867. The number of hydrogen-bond donors (Lipinski definition) is 2. The second kappa shape index (κ2) is 4.87. The third-order valence-corrected chi connectivity index (χ3v) is 2.49. The fourth-order valence-electron chi connectivity index (χ4n) is 1.62. The minimum absolute atomic E-state index is 0.0634. The number of nitrogens with one attached hydrogen (secondary N) is 1. The van der Waals surface area contributed by atoms with Crippen LogP contribution in [-0.2, 0) is 11.2 Å². The van der Waals surface area contributed by atoms with Gasteiger partial charge in [0.2, 0.25) is 0 Å². The van der Waals surface area contributed by atoms with E-state index in [1.165, 1.54) is 24.3 Å². The zero-order valence-electron chi connectivity index (χ0n) is 9.27. The summed E-state index contributed by atoms with van der Waals surface area (Å²) in [6.07, 6.45) is -0.106. The maximum atomic E-state index is 12.8. The van der Waals surface area contributed by atoms with Crippen LogP contribution in [0.1, 0.15) is 12.0 Å². The number of carboxylic acids is 1. The smallest absolute Gasteiger partial charge is 0.303 e. The highest BCUT2D eigenvalue weighted by Crippen LogP contribution is 2.22. The first-order valence-electron chi connectivity index (χ1n) is 5.26. The highest BCUT2D eigenvalue weighted by molar-refractivity contribution is 5.68. The monoisotopic (exact) mass is 251 g/mol. The summed E-state index contributed by atoms with van der Waals surface area (Å²) < 4.78 is 17.8. The van der Waals surface area contributed by atoms with Gasteiger partial charge < -0.3 is 9.63 Å². The molecule has 0 aliphatic carbocycles. The van der Waals surface area contributed by atoms with Crippen LogP contribution in [0.15, 0.2) is 33.6 Å². The second-order valence-corrected chi connectivity index (χ2v) is 3.74. The van der Waals surface area contributed by atoms with Crippen molar-refractivity contribution in [3.05, 3.63) is 46.0 Å². The van der Waals surface area contributed by atoms with Crippen LogP contribution in [0.5, 0.6) is 0 Å². The van der Waals surface area contributed by atoms with E-state index in [0.29, 0.717) is 5.56 Å². The summed E-state index contributed by atoms with van der Waals surface area (Å²) in [7, 11) is 0. The molecule has 0 saturated carbocycles. The molecule has 0 fully saturated rings. The highest BCUT2D eigenvalue weighted by Gasteiger charge is 2.15. The van der Waals surface area contributed by atoms with E-state index in [-0.39, 0.29) is 24.2 Å². The molecular formula is C12H10FNO4. The van der Waals surface area contributed by atoms with E-state index in [9.17, 15) is 14.0 Å². The van der Waals surface area contributed by atoms with Gasteiger partial charge in [-0.3, -0.25) is 9.59 Å². The summed E-state index contributed by atoms with van der Waals surface area (Å²) in [6, 6.07) is 5.41. The lowest BCUT2D eigenvalue weighted by molar-refractivity contribution is -0.136. The van der Waals surface area contributed by atoms with Crippen molar-refractivity contribution < 1.29 is 18.8 Å². The Bertz CT molecular complexity index is 612. The minimum atomic E-state index is -0.999. The van der Waals surface area contributed by atoms with E-state index in [2.05, 4.69) is 5.16 Å². The Balaban J connectivity index is 2.36. The van der Waals surface area contributed by atoms with Crippen molar-refractivity contribution in [2.24, 2.45) is 0 Å². The van der Waals surface area contributed by atoms with Crippen molar-refractivity contribution in [2.75, 3.05) is 0 Å². The Labute approximate surface area is 101 Å². The molecule has 2 N–H and O–H groups in total. The van der Waals surface area contributed by atoms with Crippen LogP contribution in [0.25, 0.3) is 11.3 Å². The number of halogens is 1. The van der Waals surface area contributed by atoms with Crippen LogP contribution in [-0.4, -0.2) is 16.2 Å². The van der Waals surface area contributed by atoms with Crippen LogP contribution in [0.3, 0.4) is 0 Å². The summed E-state index contributed by atoms with van der Waals surface area (Å²) in [5.41, 5.74) is 0.315. The Kier molecular flexibility index (Phi) is 3.27. The predicted octanol–water partition coefficient (Wildman–Crippen LogP) is 1.79. The van der Waals surface area contributed by atoms with Gasteiger partial charge in [0.1, 0.15) is 5.82 Å². The molecule has 0 saturated heterocycles. The molecule has 0 aliphatic rings. The van der Waals surface area contributed by atoms with Crippen molar-refractivity contribution in [3.8, 4) is 11.3 Å². The van der Waals surface area contributed by atoms with Gasteiger partial charge in [0.15, 0.2) is 5.76 Å². The Hall–Kier alpha value is -2.37. The lowest BCUT2D eigenvalue weighted by Crippen LogP contribution is -2.08. The Morgan fingerprint density at radius 3 is 2.61 bits per heavy atom. The van der Waals surface area contributed by atoms with Gasteiger partial charge in [0, 0.05) is 12.0 Å². The molecule has 2 aromatic rings. The lowest BCUT2D eigenvalue weighted by Gasteiger charge is -1.99. The van der Waals surface area contributed by atoms with Crippen LogP contribution in [0.4, 0.5) is 4.39 Å². The molecule has 0 radical (unpaired) electrons. The molecule has 0 amide bonds. The first kappa shape index (κ1) is 12.1. The van der Waals surface area contributed by atoms with Gasteiger partial charge in [-0.05, 0) is 30.7 Å². The number of H-pyrrole nitrogens is 1. The number of hydrogen-bond acceptors (Lipinski definition) is 3. The van der Waals surface area contributed by atoms with Crippen molar-refractivity contribution in [1.82, 2.24) is 5.16 Å². The van der Waals surface area contributed by atoms with E-state index < -0.39 is 17.3 Å². The molecular weight excluding hydrogens is 241 g/mol. The zero-order valence-corrected chi connectivity index (χ0v) is 9.27. The van der Waals surface area contributed by atoms with Gasteiger partial charge in [-0.1, -0.05) is 0 Å². The number of aromatic amines is 1. The molecule has 1 heterocycles. The van der Waals surface area contributed by atoms with Crippen LogP contribution in [0, 0.1) is 5.82 Å². The number of carboxylic acid groups (broad SMARTS) is 1. The van der Waals surface area contributed by atoms with Gasteiger partial charge in [-0.15, -0.1) is 0 Å². The van der Waals surface area contributed by atoms with Crippen molar-refractivity contribution in [3.63, 3.8) is 0 Å². The summed E-state index contributed by atoms with van der Waals surface area (Å²) >= 11 is 0. The molecule has 18 heavy (non-hydrogen) atoms. The molecule has 1 aromatic carbocycles. The van der Waals surface area contributed by atoms with Gasteiger partial charge in [-0.2, -0.15) is 5.16 Å². The van der Waals surface area contributed by atoms with Crippen LogP contribution < -0.4 is 5.56 Å². The van der Waals surface area contributed by atoms with E-state index in [1.807, 2.05) is 0 Å². The van der Waals surface area contributed by atoms with Gasteiger partial charge in [0.25, 0.3) is 5.56 Å². The number of aliphatic carboxylic acids is 1. The van der Waals surface area contributed by atoms with Crippen molar-refractivity contribution in [2.45, 2.75) is 12.8 Å². The summed E-state index contributed by atoms with van der Waals surface area (Å²) in [4.78, 5) is 22.0. The first-order valence-corrected chi connectivity index (χ1v) is 5.26. The van der Waals surface area contributed by atoms with Crippen LogP contribution in [0.2, 0.25) is 0 Å². The van der Waals surface area contributed by atoms with Gasteiger partial charge in [-0.25, -0.2) is 4.39 Å². The third-order valence-electron chi connectivity index (χ3n) is 2.49. The molecule has 0 bridgehead atoms. The highest BCUT2D eigenvalue weighted by atomic mass is 19.1.